The Labute approximate surface area is 129 Å². The van der Waals surface area contributed by atoms with E-state index < -0.39 is 0 Å². The van der Waals surface area contributed by atoms with Crippen LogP contribution in [0, 0.1) is 0 Å². The van der Waals surface area contributed by atoms with Crippen molar-refractivity contribution in [1.82, 2.24) is 14.9 Å². The number of hydrogen-bond acceptors (Lipinski definition) is 6. The molecule has 0 aliphatic carbocycles. The fourth-order valence-electron chi connectivity index (χ4n) is 1.97. The van der Waals surface area contributed by atoms with E-state index in [1.54, 1.807) is 6.20 Å². The third kappa shape index (κ3) is 5.00. The van der Waals surface area contributed by atoms with Crippen molar-refractivity contribution in [1.29, 1.82) is 0 Å². The van der Waals surface area contributed by atoms with Crippen molar-refractivity contribution in [2.45, 2.75) is 13.3 Å². The van der Waals surface area contributed by atoms with Gasteiger partial charge in [-0.2, -0.15) is 16.7 Å². The average molecular weight is 316 g/mol. The standard InChI is InChI=1S/C13H22ClN5S/c1-2-3-16-13-17-10-11(14)12(18-13)15-4-5-19-6-8-20-9-7-19/h10H,2-9H2,1H3,(H2,15,16,17,18). The molecule has 0 amide bonds. The smallest absolute Gasteiger partial charge is 0.224 e. The Morgan fingerprint density at radius 2 is 2.10 bits per heavy atom. The molecule has 1 aliphatic heterocycles. The van der Waals surface area contributed by atoms with Gasteiger partial charge in [-0.3, -0.25) is 4.90 Å². The Hall–Kier alpha value is -0.720. The fourth-order valence-corrected chi connectivity index (χ4v) is 3.11. The number of nitrogens with one attached hydrogen (secondary N) is 2. The van der Waals surface area contributed by atoms with Crippen LogP contribution in [0.3, 0.4) is 0 Å². The minimum absolute atomic E-state index is 0.571. The maximum atomic E-state index is 6.12. The first-order chi connectivity index (χ1) is 9.79. The van der Waals surface area contributed by atoms with E-state index in [9.17, 15) is 0 Å². The molecule has 2 N–H and O–H groups in total. The summed E-state index contributed by atoms with van der Waals surface area (Å²) in [6.45, 7) is 7.21. The zero-order chi connectivity index (χ0) is 14.2. The lowest BCUT2D eigenvalue weighted by Gasteiger charge is -2.26. The van der Waals surface area contributed by atoms with Gasteiger partial charge >= 0.3 is 0 Å². The Balaban J connectivity index is 1.81. The van der Waals surface area contributed by atoms with E-state index in [1.165, 1.54) is 24.6 Å². The summed E-state index contributed by atoms with van der Waals surface area (Å²) >= 11 is 8.15. The Morgan fingerprint density at radius 3 is 2.85 bits per heavy atom. The number of aromatic nitrogens is 2. The lowest BCUT2D eigenvalue weighted by molar-refractivity contribution is 0.314. The van der Waals surface area contributed by atoms with Crippen LogP contribution in [0.15, 0.2) is 6.20 Å². The van der Waals surface area contributed by atoms with Crippen LogP contribution in [0.1, 0.15) is 13.3 Å². The molecule has 1 aromatic heterocycles. The molecule has 2 heterocycles. The van der Waals surface area contributed by atoms with Crippen molar-refractivity contribution in [2.75, 3.05) is 54.9 Å². The highest BCUT2D eigenvalue weighted by Crippen LogP contribution is 2.19. The van der Waals surface area contributed by atoms with Crippen LogP contribution in [-0.4, -0.2) is 59.1 Å². The van der Waals surface area contributed by atoms with Crippen molar-refractivity contribution in [2.24, 2.45) is 0 Å². The number of rotatable bonds is 7. The molecule has 1 aromatic rings. The largest absolute Gasteiger partial charge is 0.367 e. The van der Waals surface area contributed by atoms with Gasteiger partial charge in [0.05, 0.1) is 6.20 Å². The van der Waals surface area contributed by atoms with Crippen molar-refractivity contribution in [3.8, 4) is 0 Å². The third-order valence-electron chi connectivity index (χ3n) is 3.10. The second-order valence-corrected chi connectivity index (χ2v) is 6.33. The summed E-state index contributed by atoms with van der Waals surface area (Å²) in [4.78, 5) is 11.0. The van der Waals surface area contributed by atoms with Gasteiger partial charge in [0.25, 0.3) is 0 Å². The molecule has 20 heavy (non-hydrogen) atoms. The van der Waals surface area contributed by atoms with Gasteiger partial charge < -0.3 is 10.6 Å². The molecular formula is C13H22ClN5S. The summed E-state index contributed by atoms with van der Waals surface area (Å²) in [5.74, 6) is 3.82. The minimum Gasteiger partial charge on any atom is -0.367 e. The lowest BCUT2D eigenvalue weighted by atomic mass is 10.4. The van der Waals surface area contributed by atoms with Crippen molar-refractivity contribution in [3.63, 3.8) is 0 Å². The van der Waals surface area contributed by atoms with Crippen molar-refractivity contribution in [3.05, 3.63) is 11.2 Å². The molecule has 0 aromatic carbocycles. The molecule has 0 bridgehead atoms. The topological polar surface area (TPSA) is 53.1 Å². The molecule has 1 fully saturated rings. The Bertz CT molecular complexity index is 412. The summed E-state index contributed by atoms with van der Waals surface area (Å²) < 4.78 is 0. The van der Waals surface area contributed by atoms with E-state index in [1.807, 2.05) is 11.8 Å². The van der Waals surface area contributed by atoms with Gasteiger partial charge in [0.2, 0.25) is 5.95 Å². The molecule has 0 spiro atoms. The van der Waals surface area contributed by atoms with Crippen molar-refractivity contribution >= 4 is 35.1 Å². The Kier molecular flexibility index (Phi) is 6.69. The molecular weight excluding hydrogens is 294 g/mol. The fraction of sp³-hybridized carbons (Fsp3) is 0.692. The van der Waals surface area contributed by atoms with Crippen molar-refractivity contribution < 1.29 is 0 Å². The highest BCUT2D eigenvalue weighted by molar-refractivity contribution is 7.99. The van der Waals surface area contributed by atoms with E-state index in [2.05, 4.69) is 32.4 Å². The molecule has 0 unspecified atom stereocenters. The summed E-state index contributed by atoms with van der Waals surface area (Å²) in [7, 11) is 0. The quantitative estimate of drug-likeness (QED) is 0.806. The normalized spacial score (nSPS) is 16.1. The lowest BCUT2D eigenvalue weighted by Crippen LogP contribution is -2.36. The zero-order valence-electron chi connectivity index (χ0n) is 11.9. The predicted octanol–water partition coefficient (Wildman–Crippen LogP) is 2.41. The highest BCUT2D eigenvalue weighted by Gasteiger charge is 2.10. The zero-order valence-corrected chi connectivity index (χ0v) is 13.4. The van der Waals surface area contributed by atoms with Gasteiger partial charge in [-0.05, 0) is 6.42 Å². The van der Waals surface area contributed by atoms with Gasteiger partial charge in [0.15, 0.2) is 5.82 Å². The SMILES string of the molecule is CCCNc1ncc(Cl)c(NCCN2CCSCC2)n1. The van der Waals surface area contributed by atoms with E-state index in [0.29, 0.717) is 16.8 Å². The average Bonchev–Trinajstić information content (AvgIpc) is 2.49. The Morgan fingerprint density at radius 1 is 1.30 bits per heavy atom. The molecule has 0 saturated carbocycles. The molecule has 112 valence electrons. The first-order valence-corrected chi connectivity index (χ1v) is 8.63. The highest BCUT2D eigenvalue weighted by atomic mass is 35.5. The predicted molar refractivity (Wildman–Crippen MR) is 88.1 cm³/mol. The first-order valence-electron chi connectivity index (χ1n) is 7.10. The summed E-state index contributed by atoms with van der Waals surface area (Å²) in [5, 5.41) is 7.04. The summed E-state index contributed by atoms with van der Waals surface area (Å²) in [6.07, 6.45) is 2.69. The van der Waals surface area contributed by atoms with Crippen LogP contribution in [0.4, 0.5) is 11.8 Å². The second-order valence-electron chi connectivity index (χ2n) is 4.70. The molecule has 5 nitrogen and oxygen atoms in total. The van der Waals surface area contributed by atoms with E-state index in [0.717, 1.165) is 26.1 Å². The summed E-state index contributed by atoms with van der Waals surface area (Å²) in [6, 6.07) is 0. The number of anilines is 2. The van der Waals surface area contributed by atoms with Gasteiger partial charge in [-0.25, -0.2) is 4.98 Å². The van der Waals surface area contributed by atoms with Gasteiger partial charge in [0, 0.05) is 44.2 Å². The van der Waals surface area contributed by atoms with E-state index >= 15 is 0 Å². The molecule has 1 aliphatic rings. The maximum Gasteiger partial charge on any atom is 0.224 e. The van der Waals surface area contributed by atoms with Crippen LogP contribution in [0.5, 0.6) is 0 Å². The minimum atomic E-state index is 0.571. The van der Waals surface area contributed by atoms with Crippen LogP contribution >= 0.6 is 23.4 Å². The number of thioether (sulfide) groups is 1. The van der Waals surface area contributed by atoms with Gasteiger partial charge in [-0.15, -0.1) is 0 Å². The van der Waals surface area contributed by atoms with Crippen LogP contribution in [0.2, 0.25) is 5.02 Å². The molecule has 1 saturated heterocycles. The van der Waals surface area contributed by atoms with Crippen LogP contribution in [-0.2, 0) is 0 Å². The molecule has 0 radical (unpaired) electrons. The number of hydrogen-bond donors (Lipinski definition) is 2. The van der Waals surface area contributed by atoms with E-state index in [4.69, 9.17) is 11.6 Å². The van der Waals surface area contributed by atoms with Crippen LogP contribution in [0.25, 0.3) is 0 Å². The number of nitrogens with zero attached hydrogens (tertiary/aromatic N) is 3. The monoisotopic (exact) mass is 315 g/mol. The second kappa shape index (κ2) is 8.54. The maximum absolute atomic E-state index is 6.12. The molecule has 2 rings (SSSR count). The van der Waals surface area contributed by atoms with Crippen LogP contribution < -0.4 is 10.6 Å². The summed E-state index contributed by atoms with van der Waals surface area (Å²) in [5.41, 5.74) is 0. The van der Waals surface area contributed by atoms with Gasteiger partial charge in [0.1, 0.15) is 5.02 Å². The van der Waals surface area contributed by atoms with E-state index in [-0.39, 0.29) is 0 Å². The molecule has 7 heteroatoms. The third-order valence-corrected chi connectivity index (χ3v) is 4.32. The number of halogens is 1. The molecule has 0 atom stereocenters. The first kappa shape index (κ1) is 15.7. The van der Waals surface area contributed by atoms with Gasteiger partial charge in [-0.1, -0.05) is 18.5 Å².